The van der Waals surface area contributed by atoms with Crippen molar-refractivity contribution >= 4 is 35.3 Å². The van der Waals surface area contributed by atoms with Gasteiger partial charge in [0, 0.05) is 23.8 Å². The fraction of sp³-hybridized carbons (Fsp3) is 0.286. The van der Waals surface area contributed by atoms with E-state index < -0.39 is 0 Å². The lowest BCUT2D eigenvalue weighted by Gasteiger charge is -2.25. The number of benzene rings is 2. The second-order valence-corrected chi connectivity index (χ2v) is 7.03. The zero-order valence-corrected chi connectivity index (χ0v) is 17.1. The minimum Gasteiger partial charge on any atom is -0.484 e. The lowest BCUT2D eigenvalue weighted by Crippen LogP contribution is -2.42. The summed E-state index contributed by atoms with van der Waals surface area (Å²) in [5, 5.41) is 7.22. The Balaban J connectivity index is 1.39. The summed E-state index contributed by atoms with van der Waals surface area (Å²) < 4.78 is 10.7. The van der Waals surface area contributed by atoms with Crippen LogP contribution < -0.4 is 15.5 Å². The van der Waals surface area contributed by atoms with Gasteiger partial charge in [0.2, 0.25) is 0 Å². The van der Waals surface area contributed by atoms with E-state index in [4.69, 9.17) is 21.1 Å². The van der Waals surface area contributed by atoms with Crippen molar-refractivity contribution in [1.29, 1.82) is 0 Å². The minimum absolute atomic E-state index is 0.127. The molecule has 1 aliphatic rings. The molecule has 158 valence electrons. The van der Waals surface area contributed by atoms with Gasteiger partial charge in [0.05, 0.1) is 26.0 Å². The van der Waals surface area contributed by atoms with Gasteiger partial charge in [0.1, 0.15) is 5.75 Å². The quantitative estimate of drug-likeness (QED) is 0.494. The number of carbonyl (C=O) groups is 2. The number of halogens is 1. The normalized spacial score (nSPS) is 14.4. The van der Waals surface area contributed by atoms with Crippen molar-refractivity contribution in [3.05, 3.63) is 59.1 Å². The van der Waals surface area contributed by atoms with E-state index in [0.29, 0.717) is 36.2 Å². The zero-order chi connectivity index (χ0) is 21.2. The molecule has 2 N–H and O–H groups in total. The van der Waals surface area contributed by atoms with Gasteiger partial charge < -0.3 is 14.8 Å². The first kappa shape index (κ1) is 21.8. The summed E-state index contributed by atoms with van der Waals surface area (Å²) in [6, 6.07) is 13.9. The highest BCUT2D eigenvalue weighted by Crippen LogP contribution is 2.15. The number of anilines is 1. The van der Waals surface area contributed by atoms with Crippen LogP contribution in [-0.4, -0.2) is 62.4 Å². The van der Waals surface area contributed by atoms with Crippen molar-refractivity contribution < 1.29 is 19.1 Å². The van der Waals surface area contributed by atoms with Crippen LogP contribution in [0.2, 0.25) is 5.02 Å². The molecule has 8 nitrogen and oxygen atoms in total. The molecule has 0 radical (unpaired) electrons. The maximum Gasteiger partial charge on any atom is 0.262 e. The topological polar surface area (TPSA) is 92.3 Å². The third kappa shape index (κ3) is 7.47. The molecule has 1 saturated heterocycles. The summed E-state index contributed by atoms with van der Waals surface area (Å²) in [7, 11) is 0. The second-order valence-electron chi connectivity index (χ2n) is 6.60. The number of hydrazone groups is 1. The molecule has 0 spiro atoms. The third-order valence-electron chi connectivity index (χ3n) is 4.23. The number of amides is 2. The molecule has 1 fully saturated rings. The molecule has 1 heterocycles. The van der Waals surface area contributed by atoms with E-state index in [2.05, 4.69) is 15.8 Å². The SMILES string of the molecule is O=C(CN1CCOCC1)NN=Cc1ccc(OCC(=O)Nc2cccc(Cl)c2)cc1. The minimum atomic E-state index is -0.286. The van der Waals surface area contributed by atoms with Crippen molar-refractivity contribution in [3.8, 4) is 5.75 Å². The maximum atomic E-state index is 12.0. The van der Waals surface area contributed by atoms with Crippen molar-refractivity contribution in [2.24, 2.45) is 5.10 Å². The lowest BCUT2D eigenvalue weighted by molar-refractivity contribution is -0.123. The summed E-state index contributed by atoms with van der Waals surface area (Å²) in [4.78, 5) is 25.9. The molecule has 1 aliphatic heterocycles. The first-order chi connectivity index (χ1) is 14.6. The number of ether oxygens (including phenoxy) is 2. The monoisotopic (exact) mass is 430 g/mol. The van der Waals surface area contributed by atoms with E-state index >= 15 is 0 Å². The molecule has 0 saturated carbocycles. The van der Waals surface area contributed by atoms with Crippen LogP contribution >= 0.6 is 11.6 Å². The van der Waals surface area contributed by atoms with Gasteiger partial charge in [-0.1, -0.05) is 17.7 Å². The van der Waals surface area contributed by atoms with Crippen molar-refractivity contribution in [1.82, 2.24) is 10.3 Å². The fourth-order valence-corrected chi connectivity index (χ4v) is 2.93. The zero-order valence-electron chi connectivity index (χ0n) is 16.3. The second kappa shape index (κ2) is 11.3. The largest absolute Gasteiger partial charge is 0.484 e. The van der Waals surface area contributed by atoms with E-state index in [-0.39, 0.29) is 18.4 Å². The van der Waals surface area contributed by atoms with Crippen LogP contribution in [0.1, 0.15) is 5.56 Å². The summed E-state index contributed by atoms with van der Waals surface area (Å²) >= 11 is 5.89. The number of hydrogen-bond acceptors (Lipinski definition) is 6. The molecular formula is C21H23ClN4O4. The van der Waals surface area contributed by atoms with Crippen LogP contribution in [-0.2, 0) is 14.3 Å². The number of nitrogens with zero attached hydrogens (tertiary/aromatic N) is 2. The van der Waals surface area contributed by atoms with Gasteiger partial charge in [0.15, 0.2) is 6.61 Å². The predicted molar refractivity (Wildman–Crippen MR) is 115 cm³/mol. The standard InChI is InChI=1S/C21H23ClN4O4/c22-17-2-1-3-18(12-17)24-21(28)15-30-19-6-4-16(5-7-19)13-23-25-20(27)14-26-8-10-29-11-9-26/h1-7,12-13H,8-11,14-15H2,(H,24,28)(H,25,27). The number of rotatable bonds is 8. The highest BCUT2D eigenvalue weighted by atomic mass is 35.5. The van der Waals surface area contributed by atoms with Crippen molar-refractivity contribution in [2.75, 3.05) is 44.8 Å². The summed E-state index contributed by atoms with van der Waals surface area (Å²) in [5.74, 6) is 0.0921. The molecule has 0 aliphatic carbocycles. The molecule has 3 rings (SSSR count). The van der Waals surface area contributed by atoms with Gasteiger partial charge >= 0.3 is 0 Å². The number of hydrogen-bond donors (Lipinski definition) is 2. The third-order valence-corrected chi connectivity index (χ3v) is 4.47. The van der Waals surface area contributed by atoms with E-state index in [0.717, 1.165) is 18.7 Å². The Morgan fingerprint density at radius 3 is 2.63 bits per heavy atom. The molecule has 0 unspecified atom stereocenters. The summed E-state index contributed by atoms with van der Waals surface area (Å²) in [6.07, 6.45) is 1.55. The average molecular weight is 431 g/mol. The molecule has 0 aromatic heterocycles. The van der Waals surface area contributed by atoms with Gasteiger partial charge in [0.25, 0.3) is 11.8 Å². The molecule has 0 bridgehead atoms. The average Bonchev–Trinajstić information content (AvgIpc) is 2.74. The number of morpholine rings is 1. The Morgan fingerprint density at radius 2 is 1.90 bits per heavy atom. The first-order valence-corrected chi connectivity index (χ1v) is 9.86. The van der Waals surface area contributed by atoms with Crippen LogP contribution in [0.4, 0.5) is 5.69 Å². The van der Waals surface area contributed by atoms with Crippen LogP contribution in [0.5, 0.6) is 5.75 Å². The van der Waals surface area contributed by atoms with E-state index in [1.54, 1.807) is 54.7 Å². The highest BCUT2D eigenvalue weighted by molar-refractivity contribution is 6.30. The van der Waals surface area contributed by atoms with E-state index in [1.165, 1.54) is 0 Å². The molecule has 30 heavy (non-hydrogen) atoms. The molecule has 0 atom stereocenters. The van der Waals surface area contributed by atoms with Gasteiger partial charge in [-0.15, -0.1) is 0 Å². The van der Waals surface area contributed by atoms with Crippen LogP contribution in [0.25, 0.3) is 0 Å². The number of carbonyl (C=O) groups excluding carboxylic acids is 2. The Morgan fingerprint density at radius 1 is 1.13 bits per heavy atom. The van der Waals surface area contributed by atoms with Gasteiger partial charge in [-0.2, -0.15) is 5.10 Å². The Hall–Kier alpha value is -2.94. The molecule has 9 heteroatoms. The summed E-state index contributed by atoms with van der Waals surface area (Å²) in [5.41, 5.74) is 3.91. The smallest absolute Gasteiger partial charge is 0.262 e. The Labute approximate surface area is 179 Å². The van der Waals surface area contributed by atoms with Crippen LogP contribution in [0.15, 0.2) is 53.6 Å². The van der Waals surface area contributed by atoms with Crippen molar-refractivity contribution in [3.63, 3.8) is 0 Å². The van der Waals surface area contributed by atoms with Gasteiger partial charge in [-0.3, -0.25) is 14.5 Å². The van der Waals surface area contributed by atoms with Crippen molar-refractivity contribution in [2.45, 2.75) is 0 Å². The highest BCUT2D eigenvalue weighted by Gasteiger charge is 2.13. The van der Waals surface area contributed by atoms with Gasteiger partial charge in [-0.25, -0.2) is 5.43 Å². The molecule has 2 aromatic carbocycles. The Kier molecular flexibility index (Phi) is 8.20. The summed E-state index contributed by atoms with van der Waals surface area (Å²) in [6.45, 7) is 2.95. The maximum absolute atomic E-state index is 12.0. The van der Waals surface area contributed by atoms with E-state index in [1.807, 2.05) is 4.90 Å². The lowest BCUT2D eigenvalue weighted by atomic mass is 10.2. The molecule has 2 amide bonds. The molecule has 2 aromatic rings. The van der Waals surface area contributed by atoms with Gasteiger partial charge in [-0.05, 0) is 48.0 Å². The van der Waals surface area contributed by atoms with Crippen LogP contribution in [0, 0.1) is 0 Å². The molecular weight excluding hydrogens is 408 g/mol. The van der Waals surface area contributed by atoms with Crippen LogP contribution in [0.3, 0.4) is 0 Å². The van der Waals surface area contributed by atoms with E-state index in [9.17, 15) is 9.59 Å². The first-order valence-electron chi connectivity index (χ1n) is 9.49. The number of nitrogens with one attached hydrogen (secondary N) is 2. The fourth-order valence-electron chi connectivity index (χ4n) is 2.74. The predicted octanol–water partition coefficient (Wildman–Crippen LogP) is 2.14. The Bertz CT molecular complexity index is 883.